The van der Waals surface area contributed by atoms with Crippen LogP contribution in [-0.2, 0) is 23.9 Å². The Bertz CT molecular complexity index is 363. The molecule has 6 heteroatoms. The number of ether oxygens (including phenoxy) is 2. The highest BCUT2D eigenvalue weighted by molar-refractivity contribution is 6.03. The quantitative estimate of drug-likeness (QED) is 0.547. The van der Waals surface area contributed by atoms with Crippen molar-refractivity contribution >= 4 is 17.6 Å². The van der Waals surface area contributed by atoms with E-state index in [2.05, 4.69) is 0 Å². The highest BCUT2D eigenvalue weighted by atomic mass is 16.7. The van der Waals surface area contributed by atoms with Gasteiger partial charge in [-0.05, 0) is 0 Å². The van der Waals surface area contributed by atoms with Crippen molar-refractivity contribution < 1.29 is 23.9 Å². The maximum absolute atomic E-state index is 11.6. The molecule has 86 valence electrons. The molecule has 0 aromatic heterocycles. The molecule has 3 saturated heterocycles. The van der Waals surface area contributed by atoms with Gasteiger partial charge in [-0.25, -0.2) is 0 Å². The van der Waals surface area contributed by atoms with Crippen molar-refractivity contribution in [1.29, 1.82) is 0 Å². The molecule has 0 radical (unpaired) electrons. The van der Waals surface area contributed by atoms with E-state index in [9.17, 15) is 14.4 Å². The fourth-order valence-corrected chi connectivity index (χ4v) is 2.45. The van der Waals surface area contributed by atoms with Crippen LogP contribution in [0.1, 0.15) is 19.3 Å². The largest absolute Gasteiger partial charge is 0.343 e. The lowest BCUT2D eigenvalue weighted by Crippen LogP contribution is -2.51. The van der Waals surface area contributed by atoms with E-state index in [1.54, 1.807) is 0 Å². The molecule has 3 aliphatic rings. The molecule has 0 aliphatic carbocycles. The molecule has 0 unspecified atom stereocenters. The molecule has 3 aliphatic heterocycles. The third-order valence-corrected chi connectivity index (χ3v) is 3.23. The maximum atomic E-state index is 11.6. The second kappa shape index (κ2) is 3.36. The first-order chi connectivity index (χ1) is 7.66. The van der Waals surface area contributed by atoms with Gasteiger partial charge in [0.1, 0.15) is 6.10 Å². The van der Waals surface area contributed by atoms with Gasteiger partial charge in [0, 0.05) is 19.3 Å². The minimum atomic E-state index is -0.783. The molecule has 3 heterocycles. The van der Waals surface area contributed by atoms with Gasteiger partial charge in [0.25, 0.3) is 0 Å². The van der Waals surface area contributed by atoms with Crippen molar-refractivity contribution in [3.63, 3.8) is 0 Å². The summed E-state index contributed by atoms with van der Waals surface area (Å²) in [6.07, 6.45) is -0.490. The zero-order valence-corrected chi connectivity index (χ0v) is 8.55. The molecule has 16 heavy (non-hydrogen) atoms. The molecule has 0 spiro atoms. The van der Waals surface area contributed by atoms with Crippen molar-refractivity contribution in [2.75, 3.05) is 6.61 Å². The lowest BCUT2D eigenvalue weighted by Gasteiger charge is -2.32. The van der Waals surface area contributed by atoms with E-state index in [4.69, 9.17) is 9.47 Å². The van der Waals surface area contributed by atoms with Crippen LogP contribution >= 0.6 is 0 Å². The smallest absolute Gasteiger partial charge is 0.230 e. The predicted octanol–water partition coefficient (Wildman–Crippen LogP) is -0.782. The van der Waals surface area contributed by atoms with Crippen molar-refractivity contribution in [3.8, 4) is 0 Å². The average Bonchev–Trinajstić information content (AvgIpc) is 2.81. The molecule has 6 nitrogen and oxygen atoms in total. The number of likely N-dealkylation sites (tertiary alicyclic amines) is 1. The molecular weight excluding hydrogens is 214 g/mol. The normalized spacial score (nSPS) is 38.6. The predicted molar refractivity (Wildman–Crippen MR) is 49.1 cm³/mol. The van der Waals surface area contributed by atoms with Crippen LogP contribution in [0.15, 0.2) is 0 Å². The van der Waals surface area contributed by atoms with Gasteiger partial charge in [0.15, 0.2) is 5.78 Å². The topological polar surface area (TPSA) is 72.9 Å². The van der Waals surface area contributed by atoms with Crippen molar-refractivity contribution in [3.05, 3.63) is 0 Å². The van der Waals surface area contributed by atoms with Crippen LogP contribution in [0.5, 0.6) is 0 Å². The lowest BCUT2D eigenvalue weighted by molar-refractivity contribution is -0.163. The first-order valence-electron chi connectivity index (χ1n) is 5.31. The lowest BCUT2D eigenvalue weighted by atomic mass is 10.0. The Kier molecular flexibility index (Phi) is 2.08. The Morgan fingerprint density at radius 1 is 1.12 bits per heavy atom. The fraction of sp³-hybridized carbons (Fsp3) is 0.700. The number of ketones is 1. The van der Waals surface area contributed by atoms with Gasteiger partial charge in [-0.3, -0.25) is 19.3 Å². The molecule has 0 saturated carbocycles. The number of hydrogen-bond acceptors (Lipinski definition) is 5. The fourth-order valence-electron chi connectivity index (χ4n) is 2.45. The molecule has 3 rings (SSSR count). The molecule has 3 atom stereocenters. The van der Waals surface area contributed by atoms with Crippen LogP contribution in [0.4, 0.5) is 0 Å². The van der Waals surface area contributed by atoms with Crippen molar-refractivity contribution in [1.82, 2.24) is 4.90 Å². The number of Topliss-reactive ketones (excluding diaryl/α,β-unsaturated/α-hetero) is 1. The number of fused-ring (bicyclic) bond motifs is 2. The Morgan fingerprint density at radius 3 is 2.50 bits per heavy atom. The van der Waals surface area contributed by atoms with Crippen LogP contribution < -0.4 is 0 Å². The number of hydrogen-bond donors (Lipinski definition) is 0. The summed E-state index contributed by atoms with van der Waals surface area (Å²) in [5.41, 5.74) is 0. The van der Waals surface area contributed by atoms with Crippen LogP contribution in [0.2, 0.25) is 0 Å². The number of carbonyl (C=O) groups excluding carboxylic acids is 3. The molecule has 2 bridgehead atoms. The van der Waals surface area contributed by atoms with Gasteiger partial charge in [0.2, 0.25) is 18.1 Å². The minimum absolute atomic E-state index is 0.160. The minimum Gasteiger partial charge on any atom is -0.343 e. The third kappa shape index (κ3) is 1.30. The SMILES string of the molecule is O=C1C[C@H](N2C(=O)CCC2=O)[C@H]2CO[C@@H]1O2. The Hall–Kier alpha value is -1.27. The zero-order valence-electron chi connectivity index (χ0n) is 8.55. The van der Waals surface area contributed by atoms with E-state index in [0.29, 0.717) is 0 Å². The molecule has 3 fully saturated rings. The summed E-state index contributed by atoms with van der Waals surface area (Å²) in [7, 11) is 0. The van der Waals surface area contributed by atoms with Crippen molar-refractivity contribution in [2.24, 2.45) is 0 Å². The van der Waals surface area contributed by atoms with E-state index in [-0.39, 0.29) is 49.6 Å². The van der Waals surface area contributed by atoms with Gasteiger partial charge >= 0.3 is 0 Å². The summed E-state index contributed by atoms with van der Waals surface area (Å²) in [6, 6.07) is -0.464. The highest BCUT2D eigenvalue weighted by Gasteiger charge is 2.49. The van der Waals surface area contributed by atoms with E-state index >= 15 is 0 Å². The van der Waals surface area contributed by atoms with Gasteiger partial charge in [0.05, 0.1) is 12.6 Å². The van der Waals surface area contributed by atoms with Crippen LogP contribution in [0, 0.1) is 0 Å². The summed E-state index contributed by atoms with van der Waals surface area (Å²) in [5, 5.41) is 0. The molecule has 0 N–H and O–H groups in total. The van der Waals surface area contributed by atoms with E-state index in [1.807, 2.05) is 0 Å². The van der Waals surface area contributed by atoms with E-state index < -0.39 is 12.3 Å². The van der Waals surface area contributed by atoms with Gasteiger partial charge in [-0.2, -0.15) is 0 Å². The summed E-state index contributed by atoms with van der Waals surface area (Å²) in [6.45, 7) is 0.276. The van der Waals surface area contributed by atoms with Crippen LogP contribution in [0.3, 0.4) is 0 Å². The summed E-state index contributed by atoms with van der Waals surface area (Å²) < 4.78 is 10.4. The molecule has 0 aromatic rings. The average molecular weight is 225 g/mol. The summed E-state index contributed by atoms with van der Waals surface area (Å²) in [5.74, 6) is -0.611. The Labute approximate surface area is 91.5 Å². The number of nitrogens with zero attached hydrogens (tertiary/aromatic N) is 1. The van der Waals surface area contributed by atoms with Crippen molar-refractivity contribution in [2.45, 2.75) is 37.7 Å². The monoisotopic (exact) mass is 225 g/mol. The number of amides is 2. The van der Waals surface area contributed by atoms with Gasteiger partial charge in [-0.15, -0.1) is 0 Å². The zero-order chi connectivity index (χ0) is 11.3. The second-order valence-electron chi connectivity index (χ2n) is 4.24. The standard InChI is InChI=1S/C10H11NO5/c12-6-3-5(7-4-15-10(6)16-7)11-8(13)1-2-9(11)14/h5,7,10H,1-4H2/t5-,7+,10+/m0/s1. The number of imide groups is 1. The Morgan fingerprint density at radius 2 is 1.81 bits per heavy atom. The molecular formula is C10H11NO5. The van der Waals surface area contributed by atoms with Crippen LogP contribution in [0.25, 0.3) is 0 Å². The van der Waals surface area contributed by atoms with E-state index in [0.717, 1.165) is 0 Å². The van der Waals surface area contributed by atoms with Crippen LogP contribution in [-0.4, -0.2) is 47.5 Å². The van der Waals surface area contributed by atoms with Gasteiger partial charge < -0.3 is 9.47 Å². The van der Waals surface area contributed by atoms with Gasteiger partial charge in [-0.1, -0.05) is 0 Å². The highest BCUT2D eigenvalue weighted by Crippen LogP contribution is 2.30. The third-order valence-electron chi connectivity index (χ3n) is 3.23. The summed E-state index contributed by atoms with van der Waals surface area (Å²) >= 11 is 0. The first kappa shape index (κ1) is 9.92. The van der Waals surface area contributed by atoms with E-state index in [1.165, 1.54) is 4.90 Å². The maximum Gasteiger partial charge on any atom is 0.230 e. The Balaban J connectivity index is 1.86. The number of carbonyl (C=O) groups is 3. The first-order valence-corrected chi connectivity index (χ1v) is 5.31. The summed E-state index contributed by atoms with van der Waals surface area (Å²) in [4.78, 5) is 35.8. The second-order valence-corrected chi connectivity index (χ2v) is 4.24. The molecule has 2 amide bonds. The molecule has 0 aromatic carbocycles. The number of rotatable bonds is 1.